The largest absolute Gasteiger partial charge is 0.330 e. The molecule has 0 aliphatic rings. The van der Waals surface area contributed by atoms with Crippen LogP contribution in [0.5, 0.6) is 0 Å². The highest BCUT2D eigenvalue weighted by Gasteiger charge is 1.97. The summed E-state index contributed by atoms with van der Waals surface area (Å²) >= 11 is 0. The zero-order valence-electron chi connectivity index (χ0n) is 6.93. The molecule has 62 valence electrons. The van der Waals surface area contributed by atoms with Crippen LogP contribution in [0.4, 0.5) is 0 Å². The second-order valence-corrected chi connectivity index (χ2v) is 2.63. The van der Waals surface area contributed by atoms with E-state index in [0.717, 1.165) is 31.5 Å². The number of rotatable bonds is 4. The van der Waals surface area contributed by atoms with E-state index in [9.17, 15) is 0 Å². The van der Waals surface area contributed by atoms with Crippen molar-refractivity contribution in [2.24, 2.45) is 5.73 Å². The SMILES string of the molecule is CCc1cc(CCCN)[nH]n1. The van der Waals surface area contributed by atoms with E-state index in [1.807, 2.05) is 0 Å². The molecule has 0 atom stereocenters. The molecule has 0 amide bonds. The van der Waals surface area contributed by atoms with Gasteiger partial charge in [0, 0.05) is 5.69 Å². The third-order valence-corrected chi connectivity index (χ3v) is 1.70. The Hall–Kier alpha value is -0.830. The van der Waals surface area contributed by atoms with Crippen molar-refractivity contribution in [3.8, 4) is 0 Å². The Labute approximate surface area is 67.0 Å². The van der Waals surface area contributed by atoms with E-state index >= 15 is 0 Å². The molecule has 3 N–H and O–H groups in total. The van der Waals surface area contributed by atoms with Crippen molar-refractivity contribution in [2.45, 2.75) is 26.2 Å². The lowest BCUT2D eigenvalue weighted by atomic mass is 10.2. The van der Waals surface area contributed by atoms with Crippen molar-refractivity contribution < 1.29 is 0 Å². The van der Waals surface area contributed by atoms with E-state index in [2.05, 4.69) is 23.2 Å². The van der Waals surface area contributed by atoms with E-state index in [1.54, 1.807) is 0 Å². The van der Waals surface area contributed by atoms with Crippen molar-refractivity contribution in [1.82, 2.24) is 10.2 Å². The number of H-pyrrole nitrogens is 1. The second kappa shape index (κ2) is 4.13. The van der Waals surface area contributed by atoms with E-state index in [-0.39, 0.29) is 0 Å². The molecule has 0 fully saturated rings. The van der Waals surface area contributed by atoms with Gasteiger partial charge in [0.05, 0.1) is 5.69 Å². The first-order chi connectivity index (χ1) is 5.36. The van der Waals surface area contributed by atoms with Crippen LogP contribution in [-0.4, -0.2) is 16.7 Å². The van der Waals surface area contributed by atoms with Crippen LogP contribution in [0.2, 0.25) is 0 Å². The summed E-state index contributed by atoms with van der Waals surface area (Å²) < 4.78 is 0. The third kappa shape index (κ3) is 2.35. The van der Waals surface area contributed by atoms with Crippen molar-refractivity contribution in [1.29, 1.82) is 0 Å². The minimum atomic E-state index is 0.750. The van der Waals surface area contributed by atoms with Gasteiger partial charge in [0.25, 0.3) is 0 Å². The van der Waals surface area contributed by atoms with Gasteiger partial charge in [-0.1, -0.05) is 6.92 Å². The fourth-order valence-corrected chi connectivity index (χ4v) is 1.01. The Bertz CT molecular complexity index is 205. The molecule has 1 aromatic heterocycles. The van der Waals surface area contributed by atoms with Crippen LogP contribution in [0.15, 0.2) is 6.07 Å². The number of hydrogen-bond donors (Lipinski definition) is 2. The minimum absolute atomic E-state index is 0.750. The van der Waals surface area contributed by atoms with Gasteiger partial charge in [0.1, 0.15) is 0 Å². The van der Waals surface area contributed by atoms with Crippen LogP contribution in [0.25, 0.3) is 0 Å². The summed E-state index contributed by atoms with van der Waals surface area (Å²) in [5.74, 6) is 0. The van der Waals surface area contributed by atoms with Crippen LogP contribution in [-0.2, 0) is 12.8 Å². The first-order valence-electron chi connectivity index (χ1n) is 4.10. The number of aromatic amines is 1. The van der Waals surface area contributed by atoms with E-state index in [4.69, 9.17) is 5.73 Å². The van der Waals surface area contributed by atoms with Gasteiger partial charge in [0.15, 0.2) is 0 Å². The van der Waals surface area contributed by atoms with Crippen molar-refractivity contribution in [3.63, 3.8) is 0 Å². The molecule has 0 saturated carbocycles. The van der Waals surface area contributed by atoms with Crippen LogP contribution in [0, 0.1) is 0 Å². The number of nitrogens with two attached hydrogens (primary N) is 1. The number of aromatic nitrogens is 2. The normalized spacial score (nSPS) is 10.4. The van der Waals surface area contributed by atoms with Crippen molar-refractivity contribution in [3.05, 3.63) is 17.5 Å². The Morgan fingerprint density at radius 1 is 1.64 bits per heavy atom. The lowest BCUT2D eigenvalue weighted by molar-refractivity contribution is 0.802. The van der Waals surface area contributed by atoms with Crippen LogP contribution in [0.1, 0.15) is 24.7 Å². The molecule has 3 heteroatoms. The van der Waals surface area contributed by atoms with Crippen LogP contribution < -0.4 is 5.73 Å². The quantitative estimate of drug-likeness (QED) is 0.674. The van der Waals surface area contributed by atoms with Gasteiger partial charge in [-0.15, -0.1) is 0 Å². The predicted molar refractivity (Wildman–Crippen MR) is 45.3 cm³/mol. The molecule has 0 aliphatic heterocycles. The molecular formula is C8H15N3. The van der Waals surface area contributed by atoms with Gasteiger partial charge in [-0.3, -0.25) is 5.10 Å². The summed E-state index contributed by atoms with van der Waals surface area (Å²) in [6.07, 6.45) is 3.05. The summed E-state index contributed by atoms with van der Waals surface area (Å²) in [6, 6.07) is 2.11. The van der Waals surface area contributed by atoms with E-state index in [0.29, 0.717) is 0 Å². The standard InChI is InChI=1S/C8H15N3/c1-2-7-6-8(11-10-7)4-3-5-9/h6H,2-5,9H2,1H3,(H,10,11). The summed E-state index contributed by atoms with van der Waals surface area (Å²) in [7, 11) is 0. The Kier molecular flexibility index (Phi) is 3.11. The lowest BCUT2D eigenvalue weighted by Crippen LogP contribution is -2.00. The molecule has 0 spiro atoms. The molecule has 0 radical (unpaired) electrons. The first kappa shape index (κ1) is 8.27. The predicted octanol–water partition coefficient (Wildman–Crippen LogP) is 0.863. The number of aryl methyl sites for hydroxylation is 2. The molecule has 1 aromatic rings. The average Bonchev–Trinajstić information content (AvgIpc) is 2.48. The zero-order chi connectivity index (χ0) is 8.10. The van der Waals surface area contributed by atoms with Crippen LogP contribution >= 0.6 is 0 Å². The first-order valence-corrected chi connectivity index (χ1v) is 4.10. The van der Waals surface area contributed by atoms with Crippen molar-refractivity contribution in [2.75, 3.05) is 6.54 Å². The average molecular weight is 153 g/mol. The maximum atomic E-state index is 5.38. The van der Waals surface area contributed by atoms with Crippen LogP contribution in [0.3, 0.4) is 0 Å². The number of hydrogen-bond acceptors (Lipinski definition) is 2. The smallest absolute Gasteiger partial charge is 0.0622 e. The zero-order valence-corrected chi connectivity index (χ0v) is 6.93. The van der Waals surface area contributed by atoms with E-state index in [1.165, 1.54) is 5.69 Å². The van der Waals surface area contributed by atoms with Gasteiger partial charge >= 0.3 is 0 Å². The minimum Gasteiger partial charge on any atom is -0.330 e. The fourth-order valence-electron chi connectivity index (χ4n) is 1.01. The maximum absolute atomic E-state index is 5.38. The van der Waals surface area contributed by atoms with Gasteiger partial charge in [-0.05, 0) is 31.9 Å². The number of nitrogens with zero attached hydrogens (tertiary/aromatic N) is 1. The maximum Gasteiger partial charge on any atom is 0.0622 e. The van der Waals surface area contributed by atoms with Gasteiger partial charge in [0.2, 0.25) is 0 Å². The highest BCUT2D eigenvalue weighted by atomic mass is 15.1. The highest BCUT2D eigenvalue weighted by molar-refractivity contribution is 5.08. The molecule has 0 unspecified atom stereocenters. The Morgan fingerprint density at radius 3 is 3.00 bits per heavy atom. The van der Waals surface area contributed by atoms with Gasteiger partial charge in [-0.25, -0.2) is 0 Å². The molecular weight excluding hydrogens is 138 g/mol. The van der Waals surface area contributed by atoms with Gasteiger partial charge < -0.3 is 5.73 Å². The molecule has 1 rings (SSSR count). The van der Waals surface area contributed by atoms with E-state index < -0.39 is 0 Å². The molecule has 0 bridgehead atoms. The summed E-state index contributed by atoms with van der Waals surface area (Å²) in [5, 5.41) is 7.11. The third-order valence-electron chi connectivity index (χ3n) is 1.70. The fraction of sp³-hybridized carbons (Fsp3) is 0.625. The molecule has 11 heavy (non-hydrogen) atoms. The molecule has 1 heterocycles. The van der Waals surface area contributed by atoms with Gasteiger partial charge in [-0.2, -0.15) is 5.10 Å². The Balaban J connectivity index is 2.44. The molecule has 0 aromatic carbocycles. The monoisotopic (exact) mass is 153 g/mol. The lowest BCUT2D eigenvalue weighted by Gasteiger charge is -1.91. The second-order valence-electron chi connectivity index (χ2n) is 2.63. The summed E-state index contributed by atoms with van der Waals surface area (Å²) in [6.45, 7) is 2.85. The molecule has 0 saturated heterocycles. The summed E-state index contributed by atoms with van der Waals surface area (Å²) in [4.78, 5) is 0. The molecule has 0 aliphatic carbocycles. The molecule has 3 nitrogen and oxygen atoms in total. The highest BCUT2D eigenvalue weighted by Crippen LogP contribution is 2.01. The Morgan fingerprint density at radius 2 is 2.45 bits per heavy atom. The topological polar surface area (TPSA) is 54.7 Å². The van der Waals surface area contributed by atoms with Crippen molar-refractivity contribution >= 4 is 0 Å². The number of nitrogens with one attached hydrogen (secondary N) is 1. The summed E-state index contributed by atoms with van der Waals surface area (Å²) in [5.41, 5.74) is 7.72.